The summed E-state index contributed by atoms with van der Waals surface area (Å²) >= 11 is 0. The summed E-state index contributed by atoms with van der Waals surface area (Å²) in [5.74, 6) is -1.26. The van der Waals surface area contributed by atoms with E-state index in [1.165, 1.54) is 5.01 Å². The van der Waals surface area contributed by atoms with Crippen molar-refractivity contribution >= 4 is 30.0 Å². The molecule has 0 saturated carbocycles. The Morgan fingerprint density at radius 2 is 1.88 bits per heavy atom. The maximum Gasteiger partial charge on any atom is 0.434 e. The van der Waals surface area contributed by atoms with Crippen molar-refractivity contribution in [1.29, 1.82) is 0 Å². The van der Waals surface area contributed by atoms with E-state index in [9.17, 15) is 19.2 Å². The van der Waals surface area contributed by atoms with Crippen LogP contribution in [0.1, 0.15) is 25.3 Å². The van der Waals surface area contributed by atoms with Crippen molar-refractivity contribution in [2.75, 3.05) is 26.2 Å². The zero-order valence-electron chi connectivity index (χ0n) is 18.7. The van der Waals surface area contributed by atoms with Crippen molar-refractivity contribution < 1.29 is 34.2 Å². The summed E-state index contributed by atoms with van der Waals surface area (Å²) in [7, 11) is 0. The van der Waals surface area contributed by atoms with Gasteiger partial charge in [-0.25, -0.2) is 20.5 Å². The van der Waals surface area contributed by atoms with Crippen molar-refractivity contribution in [1.82, 2.24) is 26.5 Å². The summed E-state index contributed by atoms with van der Waals surface area (Å²) < 4.78 is 0. The fourth-order valence-electron chi connectivity index (χ4n) is 3.09. The van der Waals surface area contributed by atoms with Crippen LogP contribution in [-0.4, -0.2) is 71.4 Å². The highest BCUT2D eigenvalue weighted by Crippen LogP contribution is 2.20. The third-order valence-electron chi connectivity index (χ3n) is 4.75. The first-order valence-electron chi connectivity index (χ1n) is 10.5. The van der Waals surface area contributed by atoms with Gasteiger partial charge in [0, 0.05) is 25.2 Å². The Kier molecular flexibility index (Phi) is 10.5. The first-order valence-corrected chi connectivity index (χ1v) is 10.5. The van der Waals surface area contributed by atoms with Crippen LogP contribution in [-0.2, 0) is 20.8 Å². The van der Waals surface area contributed by atoms with E-state index in [0.29, 0.717) is 25.1 Å². The topological polar surface area (TPSA) is 182 Å². The largest absolute Gasteiger partial charge is 0.465 e. The van der Waals surface area contributed by atoms with Crippen LogP contribution < -0.4 is 21.5 Å². The summed E-state index contributed by atoms with van der Waals surface area (Å²) in [5, 5.41) is 23.0. The smallest absolute Gasteiger partial charge is 0.434 e. The number of carbonyl (C=O) groups is 4. The normalized spacial score (nSPS) is 14.1. The van der Waals surface area contributed by atoms with Gasteiger partial charge in [-0.1, -0.05) is 35.9 Å². The minimum atomic E-state index is -1.63. The molecule has 1 aliphatic heterocycles. The lowest BCUT2D eigenvalue weighted by atomic mass is 9.98. The highest BCUT2D eigenvalue weighted by molar-refractivity contribution is 5.99. The predicted octanol–water partition coefficient (Wildman–Crippen LogP) is 0.612. The van der Waals surface area contributed by atoms with Gasteiger partial charge in [0.05, 0.1) is 13.0 Å². The third-order valence-corrected chi connectivity index (χ3v) is 4.75. The molecule has 1 heterocycles. The van der Waals surface area contributed by atoms with Gasteiger partial charge in [-0.2, -0.15) is 0 Å². The van der Waals surface area contributed by atoms with E-state index in [-0.39, 0.29) is 31.4 Å². The maximum absolute atomic E-state index is 12.8. The first kappa shape index (κ1) is 26.3. The number of benzene rings is 1. The van der Waals surface area contributed by atoms with Crippen LogP contribution in [0, 0.1) is 0 Å². The van der Waals surface area contributed by atoms with E-state index in [4.69, 9.17) is 15.1 Å². The summed E-state index contributed by atoms with van der Waals surface area (Å²) in [6.07, 6.45) is -1.84. The molecular formula is C21H28N6O7. The van der Waals surface area contributed by atoms with Crippen LogP contribution in [0.3, 0.4) is 0 Å². The molecule has 34 heavy (non-hydrogen) atoms. The molecule has 0 atom stereocenters. The zero-order valence-corrected chi connectivity index (χ0v) is 18.7. The highest BCUT2D eigenvalue weighted by atomic mass is 16.6. The van der Waals surface area contributed by atoms with Crippen molar-refractivity contribution in [2.24, 2.45) is 4.99 Å². The molecule has 0 bridgehead atoms. The van der Waals surface area contributed by atoms with Gasteiger partial charge in [0.15, 0.2) is 0 Å². The number of aliphatic imine (C=N–C) groups is 1. The molecule has 0 radical (unpaired) electrons. The number of hydrogen-bond donors (Lipinski definition) is 6. The minimum absolute atomic E-state index is 0.0266. The maximum atomic E-state index is 12.8. The average Bonchev–Trinajstić information content (AvgIpc) is 2.77. The molecule has 0 aromatic heterocycles. The molecule has 1 aromatic carbocycles. The molecular weight excluding hydrogens is 448 g/mol. The Morgan fingerprint density at radius 1 is 1.15 bits per heavy atom. The number of rotatable bonds is 10. The van der Waals surface area contributed by atoms with Gasteiger partial charge in [0.25, 0.3) is 5.91 Å². The molecule has 0 spiro atoms. The first-order chi connectivity index (χ1) is 16.3. The van der Waals surface area contributed by atoms with Gasteiger partial charge < -0.3 is 15.5 Å². The lowest BCUT2D eigenvalue weighted by Crippen LogP contribution is -2.48. The Morgan fingerprint density at radius 3 is 2.56 bits per heavy atom. The van der Waals surface area contributed by atoms with Crippen LogP contribution in [0.25, 0.3) is 0 Å². The van der Waals surface area contributed by atoms with Gasteiger partial charge in [-0.05, 0) is 25.3 Å². The molecule has 6 N–H and O–H groups in total. The van der Waals surface area contributed by atoms with E-state index < -0.39 is 18.1 Å². The van der Waals surface area contributed by atoms with Crippen LogP contribution in [0.15, 0.2) is 46.5 Å². The monoisotopic (exact) mass is 476 g/mol. The van der Waals surface area contributed by atoms with Crippen LogP contribution in [0.5, 0.6) is 0 Å². The number of carboxylic acid groups (broad SMARTS) is 2. The van der Waals surface area contributed by atoms with Crippen molar-refractivity contribution in [2.45, 2.75) is 26.2 Å². The molecule has 1 aromatic rings. The molecule has 0 saturated heterocycles. The lowest BCUT2D eigenvalue weighted by molar-refractivity contribution is -0.132. The summed E-state index contributed by atoms with van der Waals surface area (Å²) in [4.78, 5) is 54.1. The van der Waals surface area contributed by atoms with Crippen molar-refractivity contribution in [3.8, 4) is 0 Å². The average molecular weight is 476 g/mol. The number of hydrogen-bond acceptors (Lipinski definition) is 6. The number of hydrazine groups is 1. The quantitative estimate of drug-likeness (QED) is 0.122. The number of amides is 4. The van der Waals surface area contributed by atoms with Gasteiger partial charge in [0.2, 0.25) is 11.9 Å². The predicted molar refractivity (Wildman–Crippen MR) is 121 cm³/mol. The molecule has 0 fully saturated rings. The van der Waals surface area contributed by atoms with E-state index >= 15 is 0 Å². The molecule has 0 unspecified atom stereocenters. The van der Waals surface area contributed by atoms with E-state index in [1.807, 2.05) is 42.7 Å². The van der Waals surface area contributed by atoms with Crippen molar-refractivity contribution in [3.63, 3.8) is 0 Å². The third kappa shape index (κ3) is 9.26. The van der Waals surface area contributed by atoms with E-state index in [2.05, 4.69) is 15.7 Å². The molecule has 0 aliphatic carbocycles. The van der Waals surface area contributed by atoms with E-state index in [1.54, 1.807) is 5.32 Å². The number of guanidine groups is 1. The number of hydroxylamine groups is 1. The summed E-state index contributed by atoms with van der Waals surface area (Å²) in [6, 6.07) is 9.89. The fourth-order valence-corrected chi connectivity index (χ4v) is 3.09. The molecule has 4 amide bonds. The fraction of sp³-hybridized carbons (Fsp3) is 0.381. The molecule has 184 valence electrons. The Labute approximate surface area is 195 Å². The highest BCUT2D eigenvalue weighted by Gasteiger charge is 2.26. The lowest BCUT2D eigenvalue weighted by Gasteiger charge is -2.30. The Bertz CT molecular complexity index is 948. The molecule has 13 nitrogen and oxygen atoms in total. The summed E-state index contributed by atoms with van der Waals surface area (Å²) in [5.41, 5.74) is 7.60. The van der Waals surface area contributed by atoms with Crippen LogP contribution in [0.2, 0.25) is 0 Å². The zero-order chi connectivity index (χ0) is 24.9. The number of nitrogens with one attached hydrogen (secondary N) is 4. The van der Waals surface area contributed by atoms with Crippen LogP contribution >= 0.6 is 0 Å². The molecule has 1 aliphatic rings. The minimum Gasteiger partial charge on any atom is -0.465 e. The Hall–Kier alpha value is -3.97. The Balaban J connectivity index is 1.74. The number of carbonyl (C=O) groups excluding carboxylic acids is 2. The van der Waals surface area contributed by atoms with Gasteiger partial charge in [-0.15, -0.1) is 4.99 Å². The molecule has 13 heteroatoms. The second-order valence-corrected chi connectivity index (χ2v) is 7.26. The summed E-state index contributed by atoms with van der Waals surface area (Å²) in [6.45, 7) is 2.84. The van der Waals surface area contributed by atoms with Gasteiger partial charge >= 0.3 is 12.2 Å². The van der Waals surface area contributed by atoms with Gasteiger partial charge in [-0.3, -0.25) is 24.8 Å². The van der Waals surface area contributed by atoms with E-state index in [0.717, 1.165) is 17.6 Å². The van der Waals surface area contributed by atoms with Crippen LogP contribution in [0.4, 0.5) is 9.59 Å². The standard InChI is InChI=1S/C21H28N6O7/c1-14-8-11-27(23-9-7-15-5-3-2-4-6-15)18(29)16(14)13-17(28)22-10-12-34-26-19(24-20(30)31)25-21(32)33/h2-6,23H,7-13H2,1H3,(H,22,28)(H,30,31)(H,32,33)(H2,24,25,26). The second-order valence-electron chi connectivity index (χ2n) is 7.26. The second kappa shape index (κ2) is 13.5. The molecule has 2 rings (SSSR count). The van der Waals surface area contributed by atoms with Gasteiger partial charge in [0.1, 0.15) is 0 Å². The van der Waals surface area contributed by atoms with Crippen molar-refractivity contribution in [3.05, 3.63) is 47.0 Å². The number of nitrogens with zero attached hydrogens (tertiary/aromatic N) is 2. The SMILES string of the molecule is CC1=C(CC(=O)NCCONC(=NC(=O)O)NC(=O)O)C(=O)N(NCCc2ccccc2)CC1.